The molecule has 2 unspecified atom stereocenters. The Morgan fingerprint density at radius 1 is 1.25 bits per heavy atom. The van der Waals surface area contributed by atoms with Crippen molar-refractivity contribution in [2.24, 2.45) is 11.8 Å². The van der Waals surface area contributed by atoms with Crippen LogP contribution in [0.2, 0.25) is 0 Å². The van der Waals surface area contributed by atoms with Gasteiger partial charge in [-0.15, -0.1) is 0 Å². The first-order valence-electron chi connectivity index (χ1n) is 8.22. The van der Waals surface area contributed by atoms with E-state index in [-0.39, 0.29) is 0 Å². The van der Waals surface area contributed by atoms with Crippen molar-refractivity contribution in [2.75, 3.05) is 26.2 Å². The quantitative estimate of drug-likeness (QED) is 0.851. The van der Waals surface area contributed by atoms with Gasteiger partial charge in [-0.05, 0) is 49.9 Å². The van der Waals surface area contributed by atoms with Crippen molar-refractivity contribution in [1.82, 2.24) is 10.2 Å². The smallest absolute Gasteiger partial charge is 0.0371 e. The fraction of sp³-hybridized carbons (Fsp3) is 0.667. The number of benzene rings is 1. The minimum absolute atomic E-state index is 0.545. The predicted octanol–water partition coefficient (Wildman–Crippen LogP) is 3.71. The van der Waals surface area contributed by atoms with Crippen molar-refractivity contribution in [1.29, 1.82) is 0 Å². The molecule has 20 heavy (non-hydrogen) atoms. The molecule has 1 aliphatic rings. The first kappa shape index (κ1) is 15.5. The summed E-state index contributed by atoms with van der Waals surface area (Å²) in [6.07, 6.45) is 2.71. The molecule has 1 aromatic rings. The second-order valence-corrected chi connectivity index (χ2v) is 6.40. The summed E-state index contributed by atoms with van der Waals surface area (Å²) in [5.74, 6) is 1.46. The zero-order valence-corrected chi connectivity index (χ0v) is 13.3. The van der Waals surface area contributed by atoms with E-state index in [1.165, 1.54) is 38.0 Å². The van der Waals surface area contributed by atoms with Crippen LogP contribution in [0.5, 0.6) is 0 Å². The highest BCUT2D eigenvalue weighted by Crippen LogP contribution is 2.29. The van der Waals surface area contributed by atoms with Crippen molar-refractivity contribution in [2.45, 2.75) is 39.7 Å². The van der Waals surface area contributed by atoms with Gasteiger partial charge in [0.05, 0.1) is 0 Å². The lowest BCUT2D eigenvalue weighted by Gasteiger charge is -2.37. The molecule has 0 bridgehead atoms. The Kier molecular flexibility index (Phi) is 6.06. The summed E-state index contributed by atoms with van der Waals surface area (Å²) in [6, 6.07) is 11.6. The SMILES string of the molecule is CCN(CC1CCCNC1)C(c1ccccc1)C(C)C. The lowest BCUT2D eigenvalue weighted by atomic mass is 9.92. The Morgan fingerprint density at radius 2 is 2.00 bits per heavy atom. The van der Waals surface area contributed by atoms with E-state index in [0.29, 0.717) is 12.0 Å². The van der Waals surface area contributed by atoms with Crippen molar-refractivity contribution in [3.63, 3.8) is 0 Å². The van der Waals surface area contributed by atoms with Crippen molar-refractivity contribution in [3.8, 4) is 0 Å². The van der Waals surface area contributed by atoms with Crippen LogP contribution >= 0.6 is 0 Å². The number of hydrogen-bond acceptors (Lipinski definition) is 2. The highest BCUT2D eigenvalue weighted by Gasteiger charge is 2.25. The topological polar surface area (TPSA) is 15.3 Å². The van der Waals surface area contributed by atoms with E-state index in [1.54, 1.807) is 0 Å². The van der Waals surface area contributed by atoms with Gasteiger partial charge >= 0.3 is 0 Å². The summed E-state index contributed by atoms with van der Waals surface area (Å²) >= 11 is 0. The molecule has 1 fully saturated rings. The number of piperidine rings is 1. The molecule has 1 N–H and O–H groups in total. The minimum atomic E-state index is 0.545. The van der Waals surface area contributed by atoms with Crippen molar-refractivity contribution < 1.29 is 0 Å². The van der Waals surface area contributed by atoms with E-state index < -0.39 is 0 Å². The van der Waals surface area contributed by atoms with Crippen LogP contribution in [0.3, 0.4) is 0 Å². The summed E-state index contributed by atoms with van der Waals surface area (Å²) in [4.78, 5) is 2.68. The van der Waals surface area contributed by atoms with E-state index in [0.717, 1.165) is 12.5 Å². The standard InChI is InChI=1S/C18H30N2/c1-4-20(14-16-9-8-12-19-13-16)18(15(2)3)17-10-6-5-7-11-17/h5-7,10-11,15-16,18-19H,4,8-9,12-14H2,1-3H3. The van der Waals surface area contributed by atoms with E-state index in [2.05, 4.69) is 61.3 Å². The van der Waals surface area contributed by atoms with E-state index in [4.69, 9.17) is 0 Å². The maximum atomic E-state index is 3.55. The average Bonchev–Trinajstić information content (AvgIpc) is 2.48. The molecule has 2 rings (SSSR count). The molecule has 0 amide bonds. The van der Waals surface area contributed by atoms with Crippen LogP contribution in [0.25, 0.3) is 0 Å². The largest absolute Gasteiger partial charge is 0.316 e. The Hall–Kier alpha value is -0.860. The summed E-state index contributed by atoms with van der Waals surface area (Å²) in [5.41, 5.74) is 1.47. The molecule has 0 spiro atoms. The van der Waals surface area contributed by atoms with Crippen molar-refractivity contribution >= 4 is 0 Å². The average molecular weight is 274 g/mol. The molecular formula is C18H30N2. The van der Waals surface area contributed by atoms with Gasteiger partial charge in [0.15, 0.2) is 0 Å². The van der Waals surface area contributed by atoms with Crippen LogP contribution in [0.1, 0.15) is 45.2 Å². The number of nitrogens with one attached hydrogen (secondary N) is 1. The number of hydrogen-bond donors (Lipinski definition) is 1. The molecule has 1 saturated heterocycles. The second kappa shape index (κ2) is 7.80. The predicted molar refractivity (Wildman–Crippen MR) is 86.9 cm³/mol. The molecule has 2 atom stereocenters. The normalized spacial score (nSPS) is 21.4. The zero-order valence-electron chi connectivity index (χ0n) is 13.3. The third-order valence-electron chi connectivity index (χ3n) is 4.46. The Morgan fingerprint density at radius 3 is 2.55 bits per heavy atom. The van der Waals surface area contributed by atoms with Gasteiger partial charge in [-0.25, -0.2) is 0 Å². The Labute approximate surface area is 124 Å². The molecule has 2 heteroatoms. The highest BCUT2D eigenvalue weighted by atomic mass is 15.2. The number of nitrogens with zero attached hydrogens (tertiary/aromatic N) is 1. The lowest BCUT2D eigenvalue weighted by molar-refractivity contribution is 0.129. The summed E-state index contributed by atoms with van der Waals surface area (Å²) < 4.78 is 0. The molecule has 0 aliphatic carbocycles. The van der Waals surface area contributed by atoms with Crippen LogP contribution in [0.15, 0.2) is 30.3 Å². The molecular weight excluding hydrogens is 244 g/mol. The van der Waals surface area contributed by atoms with Crippen LogP contribution in [0.4, 0.5) is 0 Å². The fourth-order valence-corrected chi connectivity index (χ4v) is 3.52. The molecule has 1 aliphatic heterocycles. The highest BCUT2D eigenvalue weighted by molar-refractivity contribution is 5.19. The molecule has 112 valence electrons. The molecule has 1 heterocycles. The van der Waals surface area contributed by atoms with Gasteiger partial charge in [-0.2, -0.15) is 0 Å². The van der Waals surface area contributed by atoms with Crippen LogP contribution in [-0.4, -0.2) is 31.1 Å². The van der Waals surface area contributed by atoms with Gasteiger partial charge in [0.25, 0.3) is 0 Å². The maximum Gasteiger partial charge on any atom is 0.0371 e. The van der Waals surface area contributed by atoms with Gasteiger partial charge < -0.3 is 5.32 Å². The minimum Gasteiger partial charge on any atom is -0.316 e. The first-order valence-corrected chi connectivity index (χ1v) is 8.22. The molecule has 1 aromatic carbocycles. The monoisotopic (exact) mass is 274 g/mol. The van der Waals surface area contributed by atoms with Gasteiger partial charge in [0.1, 0.15) is 0 Å². The Balaban J connectivity index is 2.09. The molecule has 0 saturated carbocycles. The zero-order chi connectivity index (χ0) is 14.4. The molecule has 0 radical (unpaired) electrons. The van der Waals surface area contributed by atoms with Gasteiger partial charge in [-0.1, -0.05) is 51.1 Å². The van der Waals surface area contributed by atoms with Crippen LogP contribution in [0, 0.1) is 11.8 Å². The summed E-state index contributed by atoms with van der Waals surface area (Å²) in [7, 11) is 0. The lowest BCUT2D eigenvalue weighted by Crippen LogP contribution is -2.41. The van der Waals surface area contributed by atoms with E-state index in [9.17, 15) is 0 Å². The van der Waals surface area contributed by atoms with Gasteiger partial charge in [0.2, 0.25) is 0 Å². The van der Waals surface area contributed by atoms with Gasteiger partial charge in [0, 0.05) is 12.6 Å². The summed E-state index contributed by atoms with van der Waals surface area (Å²) in [5, 5.41) is 3.55. The van der Waals surface area contributed by atoms with Gasteiger partial charge in [-0.3, -0.25) is 4.90 Å². The Bertz CT molecular complexity index is 368. The second-order valence-electron chi connectivity index (χ2n) is 6.40. The first-order chi connectivity index (χ1) is 9.72. The van der Waals surface area contributed by atoms with E-state index in [1.807, 2.05) is 0 Å². The van der Waals surface area contributed by atoms with Crippen LogP contribution in [-0.2, 0) is 0 Å². The number of rotatable bonds is 6. The van der Waals surface area contributed by atoms with Crippen molar-refractivity contribution in [3.05, 3.63) is 35.9 Å². The summed E-state index contributed by atoms with van der Waals surface area (Å²) in [6.45, 7) is 11.7. The molecule has 2 nitrogen and oxygen atoms in total. The van der Waals surface area contributed by atoms with E-state index >= 15 is 0 Å². The maximum absolute atomic E-state index is 3.55. The third-order valence-corrected chi connectivity index (χ3v) is 4.46. The fourth-order valence-electron chi connectivity index (χ4n) is 3.52. The molecule has 0 aromatic heterocycles. The third kappa shape index (κ3) is 4.07. The van der Waals surface area contributed by atoms with Crippen LogP contribution < -0.4 is 5.32 Å².